The fraction of sp³-hybridized carbons (Fsp3) is 0.300. The fourth-order valence-corrected chi connectivity index (χ4v) is 4.15. The molecule has 3 rings (SSSR count). The lowest BCUT2D eigenvalue weighted by Gasteiger charge is -2.33. The number of methoxy groups -OCH3 is 1. The Morgan fingerprint density at radius 1 is 1.10 bits per heavy atom. The van der Waals surface area contributed by atoms with E-state index in [2.05, 4.69) is 5.32 Å². The molecule has 1 atom stereocenters. The number of nitrogens with zero attached hydrogens (tertiary/aromatic N) is 1. The van der Waals surface area contributed by atoms with Gasteiger partial charge in [-0.2, -0.15) is 4.31 Å². The Hall–Kier alpha value is -2.91. The minimum absolute atomic E-state index is 0.0901. The quantitative estimate of drug-likeness (QED) is 0.715. The maximum atomic E-state index is 12.6. The van der Waals surface area contributed by atoms with Gasteiger partial charge in [-0.1, -0.05) is 24.3 Å². The molecule has 0 aromatic heterocycles. The summed E-state index contributed by atoms with van der Waals surface area (Å²) in [7, 11) is -2.10. The van der Waals surface area contributed by atoms with E-state index in [9.17, 15) is 18.0 Å². The third kappa shape index (κ3) is 5.12. The SMILES string of the molecule is COc1ccc(NC(=O)COC(=O)[C@@H]2Cc3ccccc3CN2S(C)(=O)=O)cc1. The number of carbonyl (C=O) groups excluding carboxylic acids is 2. The summed E-state index contributed by atoms with van der Waals surface area (Å²) in [5.74, 6) is -0.631. The fourth-order valence-electron chi connectivity index (χ4n) is 3.15. The first-order chi connectivity index (χ1) is 13.8. The molecule has 0 unspecified atom stereocenters. The number of rotatable bonds is 6. The van der Waals surface area contributed by atoms with E-state index in [0.717, 1.165) is 21.7 Å². The van der Waals surface area contributed by atoms with Crippen molar-refractivity contribution in [3.8, 4) is 5.75 Å². The number of amides is 1. The van der Waals surface area contributed by atoms with Gasteiger partial charge in [-0.15, -0.1) is 0 Å². The van der Waals surface area contributed by atoms with Crippen molar-refractivity contribution in [3.63, 3.8) is 0 Å². The largest absolute Gasteiger partial charge is 0.497 e. The van der Waals surface area contributed by atoms with E-state index in [4.69, 9.17) is 9.47 Å². The number of fused-ring (bicyclic) bond motifs is 1. The van der Waals surface area contributed by atoms with Crippen LogP contribution in [0.2, 0.25) is 0 Å². The second-order valence-electron chi connectivity index (χ2n) is 6.68. The second kappa shape index (κ2) is 8.62. The Labute approximate surface area is 169 Å². The first kappa shape index (κ1) is 20.8. The van der Waals surface area contributed by atoms with E-state index >= 15 is 0 Å². The molecule has 8 nitrogen and oxygen atoms in total. The van der Waals surface area contributed by atoms with Crippen LogP contribution in [0.3, 0.4) is 0 Å². The molecule has 1 heterocycles. The van der Waals surface area contributed by atoms with E-state index < -0.39 is 34.5 Å². The van der Waals surface area contributed by atoms with Crippen molar-refractivity contribution in [2.75, 3.05) is 25.3 Å². The van der Waals surface area contributed by atoms with E-state index in [1.165, 1.54) is 7.11 Å². The lowest BCUT2D eigenvalue weighted by molar-refractivity contribution is -0.151. The minimum atomic E-state index is -3.64. The minimum Gasteiger partial charge on any atom is -0.497 e. The van der Waals surface area contributed by atoms with Crippen LogP contribution in [0.25, 0.3) is 0 Å². The summed E-state index contributed by atoms with van der Waals surface area (Å²) in [5, 5.41) is 2.61. The molecule has 29 heavy (non-hydrogen) atoms. The lowest BCUT2D eigenvalue weighted by Crippen LogP contribution is -2.49. The standard InChI is InChI=1S/C20H22N2O6S/c1-27-17-9-7-16(8-10-17)21-19(23)13-28-20(24)18-11-14-5-3-4-6-15(14)12-22(18)29(2,25)26/h3-10,18H,11-13H2,1-2H3,(H,21,23)/t18-/m0/s1. The van der Waals surface area contributed by atoms with E-state index in [1.807, 2.05) is 24.3 Å². The first-order valence-electron chi connectivity index (χ1n) is 8.92. The number of hydrogen-bond donors (Lipinski definition) is 1. The van der Waals surface area contributed by atoms with Crippen molar-refractivity contribution >= 4 is 27.6 Å². The average molecular weight is 418 g/mol. The number of esters is 1. The second-order valence-corrected chi connectivity index (χ2v) is 8.62. The molecule has 0 fully saturated rings. The summed E-state index contributed by atoms with van der Waals surface area (Å²) in [6.45, 7) is -0.423. The Morgan fingerprint density at radius 2 is 1.76 bits per heavy atom. The summed E-state index contributed by atoms with van der Waals surface area (Å²) >= 11 is 0. The van der Waals surface area contributed by atoms with Crippen LogP contribution < -0.4 is 10.1 Å². The molecule has 1 aliphatic rings. The molecular weight excluding hydrogens is 396 g/mol. The Balaban J connectivity index is 1.64. The number of anilines is 1. The van der Waals surface area contributed by atoms with Crippen molar-refractivity contribution in [1.82, 2.24) is 4.31 Å². The summed E-state index contributed by atoms with van der Waals surface area (Å²) in [4.78, 5) is 24.7. The van der Waals surface area contributed by atoms with E-state index in [1.54, 1.807) is 24.3 Å². The van der Waals surface area contributed by atoms with Gasteiger partial charge in [0.05, 0.1) is 13.4 Å². The maximum absolute atomic E-state index is 12.6. The highest BCUT2D eigenvalue weighted by molar-refractivity contribution is 7.88. The Morgan fingerprint density at radius 3 is 2.38 bits per heavy atom. The molecule has 9 heteroatoms. The number of hydrogen-bond acceptors (Lipinski definition) is 6. The Kier molecular flexibility index (Phi) is 6.19. The van der Waals surface area contributed by atoms with Gasteiger partial charge in [-0.05, 0) is 35.4 Å². The van der Waals surface area contributed by atoms with Gasteiger partial charge in [0.1, 0.15) is 11.8 Å². The van der Waals surface area contributed by atoms with Crippen molar-refractivity contribution in [3.05, 3.63) is 59.7 Å². The molecule has 1 N–H and O–H groups in total. The predicted molar refractivity (Wildman–Crippen MR) is 107 cm³/mol. The zero-order valence-electron chi connectivity index (χ0n) is 16.1. The van der Waals surface area contributed by atoms with Gasteiger partial charge < -0.3 is 14.8 Å². The van der Waals surface area contributed by atoms with Gasteiger partial charge in [0, 0.05) is 18.7 Å². The van der Waals surface area contributed by atoms with Crippen molar-refractivity contribution < 1.29 is 27.5 Å². The molecule has 1 amide bonds. The maximum Gasteiger partial charge on any atom is 0.325 e. The molecule has 0 saturated heterocycles. The number of sulfonamides is 1. The normalized spacial score (nSPS) is 16.6. The van der Waals surface area contributed by atoms with Crippen LogP contribution in [-0.4, -0.2) is 50.6 Å². The van der Waals surface area contributed by atoms with Crippen LogP contribution in [0.15, 0.2) is 48.5 Å². The lowest BCUT2D eigenvalue weighted by atomic mass is 9.96. The van der Waals surface area contributed by atoms with Crippen LogP contribution in [-0.2, 0) is 37.3 Å². The van der Waals surface area contributed by atoms with Crippen molar-refractivity contribution in [2.45, 2.75) is 19.0 Å². The van der Waals surface area contributed by atoms with Gasteiger partial charge in [-0.3, -0.25) is 9.59 Å². The van der Waals surface area contributed by atoms with Crippen molar-refractivity contribution in [2.24, 2.45) is 0 Å². The first-order valence-corrected chi connectivity index (χ1v) is 10.8. The molecular formula is C20H22N2O6S. The smallest absolute Gasteiger partial charge is 0.325 e. The Bertz CT molecular complexity index is 1000. The monoisotopic (exact) mass is 418 g/mol. The number of nitrogens with one attached hydrogen (secondary N) is 1. The van der Waals surface area contributed by atoms with E-state index in [-0.39, 0.29) is 13.0 Å². The molecule has 0 radical (unpaired) electrons. The highest BCUT2D eigenvalue weighted by Crippen LogP contribution is 2.26. The van der Waals surface area contributed by atoms with Crippen LogP contribution in [0.4, 0.5) is 5.69 Å². The zero-order valence-corrected chi connectivity index (χ0v) is 16.9. The summed E-state index contributed by atoms with van der Waals surface area (Å²) < 4.78 is 35.6. The molecule has 0 bridgehead atoms. The molecule has 0 spiro atoms. The molecule has 1 aliphatic heterocycles. The predicted octanol–water partition coefficient (Wildman–Crippen LogP) is 1.56. The molecule has 2 aromatic rings. The van der Waals surface area contributed by atoms with Gasteiger partial charge in [0.2, 0.25) is 10.0 Å². The van der Waals surface area contributed by atoms with E-state index in [0.29, 0.717) is 11.4 Å². The third-order valence-corrected chi connectivity index (χ3v) is 5.86. The van der Waals surface area contributed by atoms with Crippen molar-refractivity contribution in [1.29, 1.82) is 0 Å². The van der Waals surface area contributed by atoms with Crippen LogP contribution >= 0.6 is 0 Å². The number of ether oxygens (including phenoxy) is 2. The highest BCUT2D eigenvalue weighted by Gasteiger charge is 2.38. The third-order valence-electron chi connectivity index (χ3n) is 4.62. The molecule has 154 valence electrons. The van der Waals surface area contributed by atoms with Gasteiger partial charge in [0.25, 0.3) is 5.91 Å². The molecule has 0 saturated carbocycles. The molecule has 0 aliphatic carbocycles. The summed E-state index contributed by atoms with van der Waals surface area (Å²) in [6, 6.07) is 13.0. The van der Waals surface area contributed by atoms with Gasteiger partial charge in [-0.25, -0.2) is 8.42 Å². The topological polar surface area (TPSA) is 102 Å². The summed E-state index contributed by atoms with van der Waals surface area (Å²) in [5.41, 5.74) is 2.26. The van der Waals surface area contributed by atoms with Crippen LogP contribution in [0.5, 0.6) is 5.75 Å². The van der Waals surface area contributed by atoms with Crippen LogP contribution in [0, 0.1) is 0 Å². The van der Waals surface area contributed by atoms with Crippen LogP contribution in [0.1, 0.15) is 11.1 Å². The average Bonchev–Trinajstić information content (AvgIpc) is 2.71. The highest BCUT2D eigenvalue weighted by atomic mass is 32.2. The van der Waals surface area contributed by atoms with Gasteiger partial charge >= 0.3 is 5.97 Å². The van der Waals surface area contributed by atoms with Gasteiger partial charge in [0.15, 0.2) is 6.61 Å². The number of benzene rings is 2. The molecule has 2 aromatic carbocycles. The number of carbonyl (C=O) groups is 2. The summed E-state index contributed by atoms with van der Waals surface area (Å²) in [6.07, 6.45) is 1.25. The zero-order chi connectivity index (χ0) is 21.0.